The van der Waals surface area contributed by atoms with Crippen molar-refractivity contribution in [1.82, 2.24) is 10.7 Å². The third kappa shape index (κ3) is 4.24. The van der Waals surface area contributed by atoms with E-state index in [-0.39, 0.29) is 17.3 Å². The zero-order valence-corrected chi connectivity index (χ0v) is 12.0. The summed E-state index contributed by atoms with van der Waals surface area (Å²) in [4.78, 5) is 11.7. The lowest BCUT2D eigenvalue weighted by molar-refractivity contribution is 0.233. The fourth-order valence-electron chi connectivity index (χ4n) is 2.50. The van der Waals surface area contributed by atoms with Gasteiger partial charge in [-0.15, -0.1) is 0 Å². The monoisotopic (exact) mass is 295 g/mol. The number of urea groups is 1. The summed E-state index contributed by atoms with van der Waals surface area (Å²) in [6, 6.07) is 3.29. The summed E-state index contributed by atoms with van der Waals surface area (Å²) in [5.74, 6) is -1.41. The second-order valence-electron chi connectivity index (χ2n) is 5.21. The molecule has 0 aliphatic heterocycles. The molecule has 0 unspecified atom stereocenters. The minimum atomic E-state index is -0.703. The highest BCUT2D eigenvalue weighted by Gasteiger charge is 2.16. The number of hydrogen-bond acceptors (Lipinski definition) is 2. The first kappa shape index (κ1) is 15.4. The normalized spacial score (nSPS) is 16.6. The summed E-state index contributed by atoms with van der Waals surface area (Å²) in [7, 11) is 0. The van der Waals surface area contributed by atoms with Gasteiger partial charge in [0, 0.05) is 6.04 Å². The third-order valence-electron chi connectivity index (χ3n) is 3.59. The molecule has 6 heteroatoms. The van der Waals surface area contributed by atoms with Crippen molar-refractivity contribution in [3.8, 4) is 0 Å². The molecule has 1 saturated carbocycles. The Balaban J connectivity index is 1.95. The molecule has 2 N–H and O–H groups in total. The number of carbonyl (C=O) groups excluding carboxylic acids is 1. The Morgan fingerprint density at radius 3 is 2.43 bits per heavy atom. The van der Waals surface area contributed by atoms with E-state index in [1.807, 2.05) is 0 Å². The number of amides is 2. The predicted octanol–water partition coefficient (Wildman–Crippen LogP) is 3.32. The Kier molecular flexibility index (Phi) is 5.25. The molecule has 0 aromatic heterocycles. The Morgan fingerprint density at radius 2 is 1.81 bits per heavy atom. The summed E-state index contributed by atoms with van der Waals surface area (Å²) in [6.07, 6.45) is 5.32. The highest BCUT2D eigenvalue weighted by Crippen LogP contribution is 2.17. The van der Waals surface area contributed by atoms with E-state index in [1.54, 1.807) is 0 Å². The average molecular weight is 295 g/mol. The standard InChI is InChI=1S/C15H19F2N3O/c1-10(14-12(16)8-5-9-13(14)17)19-20-15(21)18-11-6-3-2-4-7-11/h5,8-9,11H,2-4,6-7H2,1H3,(H2,18,20,21)/b19-10-. The van der Waals surface area contributed by atoms with Gasteiger partial charge in [-0.2, -0.15) is 5.10 Å². The number of hydrogen-bond donors (Lipinski definition) is 2. The fraction of sp³-hybridized carbons (Fsp3) is 0.467. The molecule has 0 spiro atoms. The lowest BCUT2D eigenvalue weighted by Gasteiger charge is -2.22. The van der Waals surface area contributed by atoms with Gasteiger partial charge in [0.1, 0.15) is 11.6 Å². The zero-order chi connectivity index (χ0) is 15.2. The van der Waals surface area contributed by atoms with Gasteiger partial charge in [0.25, 0.3) is 0 Å². The van der Waals surface area contributed by atoms with Crippen LogP contribution in [-0.2, 0) is 0 Å². The molecule has 0 saturated heterocycles. The fourth-order valence-corrected chi connectivity index (χ4v) is 2.50. The molecular formula is C15H19F2N3O. The highest BCUT2D eigenvalue weighted by molar-refractivity contribution is 5.99. The number of benzene rings is 1. The maximum absolute atomic E-state index is 13.5. The lowest BCUT2D eigenvalue weighted by atomic mass is 9.96. The molecule has 1 aliphatic rings. The summed E-state index contributed by atoms with van der Waals surface area (Å²) >= 11 is 0. The third-order valence-corrected chi connectivity index (χ3v) is 3.59. The van der Waals surface area contributed by atoms with Gasteiger partial charge in [0.05, 0.1) is 11.3 Å². The first-order valence-corrected chi connectivity index (χ1v) is 7.13. The van der Waals surface area contributed by atoms with Crippen LogP contribution < -0.4 is 10.7 Å². The lowest BCUT2D eigenvalue weighted by Crippen LogP contribution is -2.41. The largest absolute Gasteiger partial charge is 0.335 e. The maximum Gasteiger partial charge on any atom is 0.335 e. The highest BCUT2D eigenvalue weighted by atomic mass is 19.1. The van der Waals surface area contributed by atoms with E-state index >= 15 is 0 Å². The molecule has 1 aliphatic carbocycles. The number of carbonyl (C=O) groups is 1. The van der Waals surface area contributed by atoms with Crippen molar-refractivity contribution in [1.29, 1.82) is 0 Å². The number of halogens is 2. The molecule has 1 aromatic rings. The Hall–Kier alpha value is -1.98. The van der Waals surface area contributed by atoms with E-state index in [4.69, 9.17) is 0 Å². The summed E-state index contributed by atoms with van der Waals surface area (Å²) in [5.41, 5.74) is 2.15. The first-order chi connectivity index (χ1) is 10.1. The van der Waals surface area contributed by atoms with Crippen LogP contribution in [0, 0.1) is 11.6 Å². The van der Waals surface area contributed by atoms with Crippen LogP contribution in [0.2, 0.25) is 0 Å². The second kappa shape index (κ2) is 7.15. The number of nitrogens with zero attached hydrogens (tertiary/aromatic N) is 1. The van der Waals surface area contributed by atoms with Crippen molar-refractivity contribution < 1.29 is 13.6 Å². The van der Waals surface area contributed by atoms with E-state index in [9.17, 15) is 13.6 Å². The minimum Gasteiger partial charge on any atom is -0.334 e. The van der Waals surface area contributed by atoms with Crippen LogP contribution in [0.25, 0.3) is 0 Å². The first-order valence-electron chi connectivity index (χ1n) is 7.13. The minimum absolute atomic E-state index is 0.0874. The van der Waals surface area contributed by atoms with Crippen LogP contribution in [0.1, 0.15) is 44.6 Å². The van der Waals surface area contributed by atoms with Crippen molar-refractivity contribution in [2.75, 3.05) is 0 Å². The van der Waals surface area contributed by atoms with Crippen LogP contribution in [0.15, 0.2) is 23.3 Å². The Bertz CT molecular complexity index is 519. The van der Waals surface area contributed by atoms with Gasteiger partial charge in [0.15, 0.2) is 0 Å². The molecule has 0 bridgehead atoms. The van der Waals surface area contributed by atoms with Gasteiger partial charge < -0.3 is 5.32 Å². The van der Waals surface area contributed by atoms with E-state index in [0.717, 1.165) is 37.8 Å². The second-order valence-corrected chi connectivity index (χ2v) is 5.21. The average Bonchev–Trinajstić information content (AvgIpc) is 2.46. The Morgan fingerprint density at radius 1 is 1.19 bits per heavy atom. The summed E-state index contributed by atoms with van der Waals surface area (Å²) in [5, 5.41) is 6.57. The van der Waals surface area contributed by atoms with E-state index < -0.39 is 17.7 Å². The van der Waals surface area contributed by atoms with E-state index in [1.165, 1.54) is 19.4 Å². The number of nitrogens with one attached hydrogen (secondary N) is 2. The quantitative estimate of drug-likeness (QED) is 0.652. The van der Waals surface area contributed by atoms with Gasteiger partial charge in [-0.3, -0.25) is 0 Å². The molecule has 0 heterocycles. The summed E-state index contributed by atoms with van der Waals surface area (Å²) in [6.45, 7) is 1.45. The van der Waals surface area contributed by atoms with Gasteiger partial charge in [-0.05, 0) is 31.9 Å². The van der Waals surface area contributed by atoms with E-state index in [2.05, 4.69) is 15.8 Å². The van der Waals surface area contributed by atoms with Gasteiger partial charge in [-0.25, -0.2) is 19.0 Å². The Labute approximate surface area is 122 Å². The van der Waals surface area contributed by atoms with Crippen molar-refractivity contribution in [2.24, 2.45) is 5.10 Å². The topological polar surface area (TPSA) is 53.5 Å². The van der Waals surface area contributed by atoms with Gasteiger partial charge >= 0.3 is 6.03 Å². The molecule has 2 rings (SSSR count). The maximum atomic E-state index is 13.5. The molecule has 114 valence electrons. The molecule has 1 fully saturated rings. The number of rotatable bonds is 3. The van der Waals surface area contributed by atoms with Gasteiger partial charge in [-0.1, -0.05) is 25.3 Å². The zero-order valence-electron chi connectivity index (χ0n) is 12.0. The molecule has 4 nitrogen and oxygen atoms in total. The molecule has 0 radical (unpaired) electrons. The van der Waals surface area contributed by atoms with Crippen LogP contribution in [0.5, 0.6) is 0 Å². The summed E-state index contributed by atoms with van der Waals surface area (Å²) < 4.78 is 27.1. The smallest absolute Gasteiger partial charge is 0.334 e. The van der Waals surface area contributed by atoms with Crippen molar-refractivity contribution in [2.45, 2.75) is 45.1 Å². The molecule has 1 aromatic carbocycles. The van der Waals surface area contributed by atoms with Crippen molar-refractivity contribution in [3.63, 3.8) is 0 Å². The molecule has 21 heavy (non-hydrogen) atoms. The van der Waals surface area contributed by atoms with Crippen molar-refractivity contribution >= 4 is 11.7 Å². The number of hydrazone groups is 1. The van der Waals surface area contributed by atoms with Crippen molar-refractivity contribution in [3.05, 3.63) is 35.4 Å². The van der Waals surface area contributed by atoms with E-state index in [0.29, 0.717) is 0 Å². The van der Waals surface area contributed by atoms with Crippen LogP contribution in [0.4, 0.5) is 13.6 Å². The van der Waals surface area contributed by atoms with Crippen LogP contribution in [-0.4, -0.2) is 17.8 Å². The predicted molar refractivity (Wildman–Crippen MR) is 77.1 cm³/mol. The van der Waals surface area contributed by atoms with Gasteiger partial charge in [0.2, 0.25) is 0 Å². The SMILES string of the molecule is C/C(=N/NC(=O)NC1CCCCC1)c1c(F)cccc1F. The molecular weight excluding hydrogens is 276 g/mol. The van der Waals surface area contributed by atoms with Crippen LogP contribution >= 0.6 is 0 Å². The van der Waals surface area contributed by atoms with Crippen LogP contribution in [0.3, 0.4) is 0 Å². The molecule has 2 amide bonds. The molecule has 0 atom stereocenters.